The van der Waals surface area contributed by atoms with E-state index in [0.717, 1.165) is 17.2 Å². The van der Waals surface area contributed by atoms with Gasteiger partial charge in [-0.1, -0.05) is 0 Å². The third-order valence-corrected chi connectivity index (χ3v) is 5.06. The smallest absolute Gasteiger partial charge is 0.255 e. The van der Waals surface area contributed by atoms with Crippen LogP contribution in [0.2, 0.25) is 0 Å². The van der Waals surface area contributed by atoms with Crippen LogP contribution in [0.5, 0.6) is 0 Å². The molecule has 0 saturated heterocycles. The fourth-order valence-corrected chi connectivity index (χ4v) is 3.65. The minimum absolute atomic E-state index is 0.143. The van der Waals surface area contributed by atoms with Crippen molar-refractivity contribution in [2.24, 2.45) is 0 Å². The van der Waals surface area contributed by atoms with Crippen LogP contribution in [0, 0.1) is 5.82 Å². The van der Waals surface area contributed by atoms with Crippen LogP contribution >= 0.6 is 11.8 Å². The molecule has 0 fully saturated rings. The minimum atomic E-state index is -3.66. The second-order valence-corrected chi connectivity index (χ2v) is 8.34. The van der Waals surface area contributed by atoms with Crippen molar-refractivity contribution in [3.8, 4) is 0 Å². The first-order valence-corrected chi connectivity index (χ1v) is 10.2. The van der Waals surface area contributed by atoms with Gasteiger partial charge in [-0.15, -0.1) is 11.8 Å². The Kier molecular flexibility index (Phi) is 4.88. The Morgan fingerprint density at radius 2 is 2.00 bits per heavy atom. The average molecular weight is 395 g/mol. The van der Waals surface area contributed by atoms with Crippen LogP contribution in [0.4, 0.5) is 21.5 Å². The Hall–Kier alpha value is -2.59. The maximum atomic E-state index is 13.7. The molecule has 0 radical (unpaired) electrons. The topological polar surface area (TPSA) is 104 Å². The highest BCUT2D eigenvalue weighted by atomic mass is 32.2. The van der Waals surface area contributed by atoms with Gasteiger partial charge in [-0.25, -0.2) is 12.8 Å². The summed E-state index contributed by atoms with van der Waals surface area (Å²) in [5.74, 6) is -1.06. The molecule has 26 heavy (non-hydrogen) atoms. The van der Waals surface area contributed by atoms with E-state index in [-0.39, 0.29) is 17.3 Å². The Labute approximate surface area is 153 Å². The predicted molar refractivity (Wildman–Crippen MR) is 98.6 cm³/mol. The largest absolute Gasteiger partial charge is 0.324 e. The van der Waals surface area contributed by atoms with Gasteiger partial charge in [0.2, 0.25) is 15.9 Å². The van der Waals surface area contributed by atoms with E-state index in [1.165, 1.54) is 23.9 Å². The van der Waals surface area contributed by atoms with Gasteiger partial charge in [-0.3, -0.25) is 14.3 Å². The van der Waals surface area contributed by atoms with Gasteiger partial charge >= 0.3 is 0 Å². The standard InChI is InChI=1S/C16H14FN3O4S2/c1-26(23,24)20-12-7-10(3-4-11(12)17)18-16(22)9-2-5-14-13(6-9)19-15(21)8-25-14/h2-7,20H,8H2,1H3,(H,18,22)(H,19,21). The molecular formula is C16H14FN3O4S2. The first-order chi connectivity index (χ1) is 12.2. The summed E-state index contributed by atoms with van der Waals surface area (Å²) in [7, 11) is -3.66. The molecule has 2 amide bonds. The van der Waals surface area contributed by atoms with Crippen molar-refractivity contribution in [3.05, 3.63) is 47.8 Å². The molecule has 0 unspecified atom stereocenters. The summed E-state index contributed by atoms with van der Waals surface area (Å²) in [6, 6.07) is 8.44. The normalized spacial score (nSPS) is 13.5. The van der Waals surface area contributed by atoms with Crippen molar-refractivity contribution >= 4 is 50.7 Å². The predicted octanol–water partition coefficient (Wildman–Crippen LogP) is 2.49. The number of rotatable bonds is 4. The summed E-state index contributed by atoms with van der Waals surface area (Å²) in [6.45, 7) is 0. The number of carbonyl (C=O) groups is 2. The molecule has 2 aromatic carbocycles. The second-order valence-electron chi connectivity index (χ2n) is 5.57. The SMILES string of the molecule is CS(=O)(=O)Nc1cc(NC(=O)c2ccc3c(c2)NC(=O)CS3)ccc1F. The van der Waals surface area contributed by atoms with Crippen LogP contribution in [-0.4, -0.2) is 32.2 Å². The summed E-state index contributed by atoms with van der Waals surface area (Å²) in [6.07, 6.45) is 0.900. The van der Waals surface area contributed by atoms with E-state index in [1.54, 1.807) is 18.2 Å². The summed E-state index contributed by atoms with van der Waals surface area (Å²) in [5, 5.41) is 5.26. The van der Waals surface area contributed by atoms with Gasteiger partial charge in [0.05, 0.1) is 23.4 Å². The molecule has 136 valence electrons. The summed E-state index contributed by atoms with van der Waals surface area (Å²) < 4.78 is 38.3. The zero-order valence-electron chi connectivity index (χ0n) is 13.5. The number of nitrogens with one attached hydrogen (secondary N) is 3. The van der Waals surface area contributed by atoms with E-state index in [9.17, 15) is 22.4 Å². The molecule has 1 aliphatic heterocycles. The van der Waals surface area contributed by atoms with E-state index in [0.29, 0.717) is 17.0 Å². The third kappa shape index (κ3) is 4.33. The van der Waals surface area contributed by atoms with Crippen LogP contribution in [-0.2, 0) is 14.8 Å². The number of hydrogen-bond acceptors (Lipinski definition) is 5. The number of halogens is 1. The van der Waals surface area contributed by atoms with Crippen LogP contribution < -0.4 is 15.4 Å². The Balaban J connectivity index is 1.81. The molecule has 7 nitrogen and oxygen atoms in total. The van der Waals surface area contributed by atoms with E-state index >= 15 is 0 Å². The van der Waals surface area contributed by atoms with Crippen molar-refractivity contribution in [3.63, 3.8) is 0 Å². The highest BCUT2D eigenvalue weighted by Gasteiger charge is 2.18. The molecule has 0 aliphatic carbocycles. The number of amides is 2. The van der Waals surface area contributed by atoms with E-state index in [2.05, 4.69) is 10.6 Å². The lowest BCUT2D eigenvalue weighted by Gasteiger charge is -2.17. The van der Waals surface area contributed by atoms with Gasteiger partial charge in [0, 0.05) is 16.1 Å². The maximum Gasteiger partial charge on any atom is 0.255 e. The van der Waals surface area contributed by atoms with Crippen LogP contribution in [0.25, 0.3) is 0 Å². The molecule has 3 rings (SSSR count). The fourth-order valence-electron chi connectivity index (χ4n) is 2.31. The van der Waals surface area contributed by atoms with Crippen molar-refractivity contribution in [2.75, 3.05) is 27.4 Å². The summed E-state index contributed by atoms with van der Waals surface area (Å²) >= 11 is 1.38. The molecule has 0 saturated carbocycles. The first kappa shape index (κ1) is 18.2. The maximum absolute atomic E-state index is 13.7. The summed E-state index contributed by atoms with van der Waals surface area (Å²) in [4.78, 5) is 24.7. The molecule has 10 heteroatoms. The van der Waals surface area contributed by atoms with Gasteiger partial charge in [-0.2, -0.15) is 0 Å². The summed E-state index contributed by atoms with van der Waals surface area (Å²) in [5.41, 5.74) is 0.809. The molecule has 1 aliphatic rings. The molecule has 1 heterocycles. The van der Waals surface area contributed by atoms with Crippen LogP contribution in [0.3, 0.4) is 0 Å². The second kappa shape index (κ2) is 6.96. The third-order valence-electron chi connectivity index (χ3n) is 3.39. The molecule has 2 aromatic rings. The Morgan fingerprint density at radius 3 is 2.73 bits per heavy atom. The number of anilines is 3. The molecule has 0 bridgehead atoms. The van der Waals surface area contributed by atoms with Crippen molar-refractivity contribution in [1.82, 2.24) is 0 Å². The zero-order valence-corrected chi connectivity index (χ0v) is 15.1. The van der Waals surface area contributed by atoms with Crippen molar-refractivity contribution < 1.29 is 22.4 Å². The molecule has 0 spiro atoms. The monoisotopic (exact) mass is 395 g/mol. The quantitative estimate of drug-likeness (QED) is 0.738. The number of fused-ring (bicyclic) bond motifs is 1. The zero-order chi connectivity index (χ0) is 18.9. The van der Waals surface area contributed by atoms with Gasteiger partial charge in [-0.05, 0) is 36.4 Å². The lowest BCUT2D eigenvalue weighted by molar-refractivity contribution is -0.113. The van der Waals surface area contributed by atoms with E-state index in [4.69, 9.17) is 0 Å². The first-order valence-electron chi connectivity index (χ1n) is 7.37. The van der Waals surface area contributed by atoms with Crippen molar-refractivity contribution in [1.29, 1.82) is 0 Å². The highest BCUT2D eigenvalue weighted by Crippen LogP contribution is 2.32. The van der Waals surface area contributed by atoms with Gasteiger partial charge in [0.15, 0.2) is 0 Å². The fraction of sp³-hybridized carbons (Fsp3) is 0.125. The van der Waals surface area contributed by atoms with Gasteiger partial charge in [0.1, 0.15) is 5.82 Å². The van der Waals surface area contributed by atoms with Crippen molar-refractivity contribution in [2.45, 2.75) is 4.90 Å². The molecular weight excluding hydrogens is 381 g/mol. The van der Waals surface area contributed by atoms with E-state index < -0.39 is 21.7 Å². The lowest BCUT2D eigenvalue weighted by atomic mass is 10.1. The van der Waals surface area contributed by atoms with Crippen LogP contribution in [0.1, 0.15) is 10.4 Å². The number of carbonyl (C=O) groups excluding carboxylic acids is 2. The average Bonchev–Trinajstić information content (AvgIpc) is 2.56. The number of benzene rings is 2. The lowest BCUT2D eigenvalue weighted by Crippen LogP contribution is -2.20. The minimum Gasteiger partial charge on any atom is -0.324 e. The van der Waals surface area contributed by atoms with Gasteiger partial charge < -0.3 is 10.6 Å². The van der Waals surface area contributed by atoms with Crippen LogP contribution in [0.15, 0.2) is 41.3 Å². The molecule has 3 N–H and O–H groups in total. The number of hydrogen-bond donors (Lipinski definition) is 3. The van der Waals surface area contributed by atoms with E-state index in [1.807, 2.05) is 4.72 Å². The Morgan fingerprint density at radius 1 is 1.23 bits per heavy atom. The number of sulfonamides is 1. The Bertz CT molecular complexity index is 1010. The molecule has 0 aromatic heterocycles. The molecule has 0 atom stereocenters. The highest BCUT2D eigenvalue weighted by molar-refractivity contribution is 8.00. The number of thioether (sulfide) groups is 1. The van der Waals surface area contributed by atoms with Gasteiger partial charge in [0.25, 0.3) is 5.91 Å².